The normalized spacial score (nSPS) is 14.1. The second kappa shape index (κ2) is 7.81. The van der Waals surface area contributed by atoms with Gasteiger partial charge in [-0.25, -0.2) is 4.68 Å². The van der Waals surface area contributed by atoms with Crippen molar-refractivity contribution in [2.75, 3.05) is 20.1 Å². The van der Waals surface area contributed by atoms with Gasteiger partial charge in [0, 0.05) is 29.4 Å². The Morgan fingerprint density at radius 2 is 1.92 bits per heavy atom. The van der Waals surface area contributed by atoms with Crippen molar-refractivity contribution in [3.05, 3.63) is 46.2 Å². The molecule has 3 rings (SSSR count). The Bertz CT molecular complexity index is 709. The van der Waals surface area contributed by atoms with Gasteiger partial charge in [0.2, 0.25) is 0 Å². The fraction of sp³-hybridized carbons (Fsp3) is 0.444. The van der Waals surface area contributed by atoms with Crippen LogP contribution in [0.25, 0.3) is 5.69 Å². The van der Waals surface area contributed by atoms with E-state index in [4.69, 9.17) is 11.6 Å². The molecule has 2 N–H and O–H groups in total. The topological polar surface area (TPSA) is 58.9 Å². The standard InChI is InChI=1S/C18H23ClN4O/c1-20-11-12-21-18(24)17-15-5-3-2-4-6-16(15)23(22-17)14-9-7-13(19)8-10-14/h7-10,20H,2-6,11-12H2,1H3,(H,21,24). The molecule has 0 aliphatic heterocycles. The van der Waals surface area contributed by atoms with Crippen molar-refractivity contribution >= 4 is 17.5 Å². The first kappa shape index (κ1) is 17.0. The van der Waals surface area contributed by atoms with E-state index in [1.165, 1.54) is 6.42 Å². The largest absolute Gasteiger partial charge is 0.349 e. The van der Waals surface area contributed by atoms with Crippen LogP contribution in [0.4, 0.5) is 0 Å². The number of likely N-dealkylation sites (N-methyl/N-ethyl adjacent to an activating group) is 1. The molecule has 1 amide bonds. The lowest BCUT2D eigenvalue weighted by Crippen LogP contribution is -2.31. The van der Waals surface area contributed by atoms with Crippen molar-refractivity contribution in [2.24, 2.45) is 0 Å². The number of amides is 1. The van der Waals surface area contributed by atoms with Crippen molar-refractivity contribution < 1.29 is 4.79 Å². The molecule has 0 spiro atoms. The molecule has 0 saturated carbocycles. The molecule has 0 fully saturated rings. The summed E-state index contributed by atoms with van der Waals surface area (Å²) in [5, 5.41) is 11.3. The predicted octanol–water partition coefficient (Wildman–Crippen LogP) is 2.74. The second-order valence-electron chi connectivity index (χ2n) is 6.08. The average molecular weight is 347 g/mol. The third kappa shape index (κ3) is 3.62. The lowest BCUT2D eigenvalue weighted by Gasteiger charge is -2.07. The second-order valence-corrected chi connectivity index (χ2v) is 6.52. The molecule has 24 heavy (non-hydrogen) atoms. The molecular formula is C18H23ClN4O. The van der Waals surface area contributed by atoms with Crippen LogP contribution in [0.2, 0.25) is 5.02 Å². The summed E-state index contributed by atoms with van der Waals surface area (Å²) in [4.78, 5) is 12.6. The first-order chi connectivity index (χ1) is 11.7. The van der Waals surface area contributed by atoms with Gasteiger partial charge >= 0.3 is 0 Å². The number of hydrogen-bond donors (Lipinski definition) is 2. The summed E-state index contributed by atoms with van der Waals surface area (Å²) in [5.74, 6) is -0.0869. The Hall–Kier alpha value is -1.85. The van der Waals surface area contributed by atoms with Gasteiger partial charge in [0.05, 0.1) is 5.69 Å². The molecule has 0 atom stereocenters. The lowest BCUT2D eigenvalue weighted by atomic mass is 10.1. The van der Waals surface area contributed by atoms with Crippen LogP contribution in [0.3, 0.4) is 0 Å². The highest BCUT2D eigenvalue weighted by Gasteiger charge is 2.24. The minimum Gasteiger partial charge on any atom is -0.349 e. The molecule has 128 valence electrons. The molecule has 0 unspecified atom stereocenters. The zero-order valence-corrected chi connectivity index (χ0v) is 14.7. The molecule has 1 aromatic heterocycles. The van der Waals surface area contributed by atoms with Crippen molar-refractivity contribution in [3.8, 4) is 5.69 Å². The van der Waals surface area contributed by atoms with E-state index in [-0.39, 0.29) is 5.91 Å². The molecule has 2 aromatic rings. The Morgan fingerprint density at radius 1 is 1.17 bits per heavy atom. The van der Waals surface area contributed by atoms with Gasteiger partial charge in [-0.2, -0.15) is 5.10 Å². The van der Waals surface area contributed by atoms with Gasteiger partial charge in [-0.1, -0.05) is 18.0 Å². The van der Waals surface area contributed by atoms with E-state index in [0.717, 1.165) is 49.2 Å². The van der Waals surface area contributed by atoms with E-state index < -0.39 is 0 Å². The van der Waals surface area contributed by atoms with Gasteiger partial charge in [0.1, 0.15) is 0 Å². The van der Waals surface area contributed by atoms with E-state index in [1.807, 2.05) is 36.0 Å². The van der Waals surface area contributed by atoms with E-state index in [1.54, 1.807) is 0 Å². The monoisotopic (exact) mass is 346 g/mol. The summed E-state index contributed by atoms with van der Waals surface area (Å²) in [7, 11) is 1.87. The number of halogens is 1. The third-order valence-electron chi connectivity index (χ3n) is 4.38. The maximum atomic E-state index is 12.6. The van der Waals surface area contributed by atoms with E-state index >= 15 is 0 Å². The van der Waals surface area contributed by atoms with Gasteiger partial charge in [0.25, 0.3) is 5.91 Å². The summed E-state index contributed by atoms with van der Waals surface area (Å²) in [6, 6.07) is 7.61. The quantitative estimate of drug-likeness (QED) is 0.646. The number of benzene rings is 1. The summed E-state index contributed by atoms with van der Waals surface area (Å²) in [6.45, 7) is 1.34. The van der Waals surface area contributed by atoms with Crippen molar-refractivity contribution in [1.29, 1.82) is 0 Å². The van der Waals surface area contributed by atoms with Crippen molar-refractivity contribution in [2.45, 2.75) is 32.1 Å². The summed E-state index contributed by atoms with van der Waals surface area (Å²) in [5.41, 5.74) is 3.78. The summed E-state index contributed by atoms with van der Waals surface area (Å²) < 4.78 is 1.92. The van der Waals surface area contributed by atoms with Crippen LogP contribution in [-0.4, -0.2) is 35.8 Å². The molecule has 5 nitrogen and oxygen atoms in total. The molecule has 1 heterocycles. The molecule has 1 aliphatic carbocycles. The van der Waals surface area contributed by atoms with E-state index in [9.17, 15) is 4.79 Å². The Labute approximate surface area is 147 Å². The highest BCUT2D eigenvalue weighted by atomic mass is 35.5. The number of aromatic nitrogens is 2. The smallest absolute Gasteiger partial charge is 0.272 e. The molecule has 0 radical (unpaired) electrons. The zero-order valence-electron chi connectivity index (χ0n) is 13.9. The average Bonchev–Trinajstić information content (AvgIpc) is 2.77. The van der Waals surface area contributed by atoms with Crippen LogP contribution >= 0.6 is 11.6 Å². The Balaban J connectivity index is 1.97. The van der Waals surface area contributed by atoms with Gasteiger partial charge in [0.15, 0.2) is 5.69 Å². The minimum absolute atomic E-state index is 0.0869. The minimum atomic E-state index is -0.0869. The maximum absolute atomic E-state index is 12.6. The number of nitrogens with zero attached hydrogens (tertiary/aromatic N) is 2. The molecule has 0 bridgehead atoms. The molecular weight excluding hydrogens is 324 g/mol. The maximum Gasteiger partial charge on any atom is 0.272 e. The number of fused-ring (bicyclic) bond motifs is 1. The fourth-order valence-corrected chi connectivity index (χ4v) is 3.26. The fourth-order valence-electron chi connectivity index (χ4n) is 3.14. The van der Waals surface area contributed by atoms with Gasteiger partial charge < -0.3 is 10.6 Å². The molecule has 6 heteroatoms. The third-order valence-corrected chi connectivity index (χ3v) is 4.63. The van der Waals surface area contributed by atoms with Gasteiger partial charge in [-0.3, -0.25) is 4.79 Å². The van der Waals surface area contributed by atoms with E-state index in [2.05, 4.69) is 15.7 Å². The number of carbonyl (C=O) groups excluding carboxylic acids is 1. The highest BCUT2D eigenvalue weighted by Crippen LogP contribution is 2.26. The lowest BCUT2D eigenvalue weighted by molar-refractivity contribution is 0.0948. The van der Waals surface area contributed by atoms with Crippen LogP contribution in [-0.2, 0) is 12.8 Å². The first-order valence-electron chi connectivity index (χ1n) is 8.50. The highest BCUT2D eigenvalue weighted by molar-refractivity contribution is 6.30. The number of carbonyl (C=O) groups is 1. The van der Waals surface area contributed by atoms with Gasteiger partial charge in [-0.05, 0) is 57.0 Å². The number of rotatable bonds is 5. The summed E-state index contributed by atoms with van der Waals surface area (Å²) >= 11 is 6.00. The molecule has 0 saturated heterocycles. The SMILES string of the molecule is CNCCNC(=O)c1nn(-c2ccc(Cl)cc2)c2c1CCCCC2. The van der Waals surface area contributed by atoms with Crippen LogP contribution in [0.5, 0.6) is 0 Å². The molecule has 1 aliphatic rings. The summed E-state index contributed by atoms with van der Waals surface area (Å²) in [6.07, 6.45) is 5.30. The Kier molecular flexibility index (Phi) is 5.53. The van der Waals surface area contributed by atoms with Crippen LogP contribution in [0, 0.1) is 0 Å². The van der Waals surface area contributed by atoms with E-state index in [0.29, 0.717) is 17.3 Å². The van der Waals surface area contributed by atoms with Crippen LogP contribution in [0.1, 0.15) is 41.0 Å². The van der Waals surface area contributed by atoms with Crippen molar-refractivity contribution in [3.63, 3.8) is 0 Å². The number of nitrogens with one attached hydrogen (secondary N) is 2. The first-order valence-corrected chi connectivity index (χ1v) is 8.88. The number of hydrogen-bond acceptors (Lipinski definition) is 3. The zero-order chi connectivity index (χ0) is 16.9. The van der Waals surface area contributed by atoms with Crippen molar-refractivity contribution in [1.82, 2.24) is 20.4 Å². The predicted molar refractivity (Wildman–Crippen MR) is 96.1 cm³/mol. The molecule has 1 aromatic carbocycles. The Morgan fingerprint density at radius 3 is 2.67 bits per heavy atom. The van der Waals surface area contributed by atoms with Crippen LogP contribution < -0.4 is 10.6 Å². The van der Waals surface area contributed by atoms with Crippen LogP contribution in [0.15, 0.2) is 24.3 Å². The van der Waals surface area contributed by atoms with Gasteiger partial charge in [-0.15, -0.1) is 0 Å².